The van der Waals surface area contributed by atoms with E-state index >= 15 is 0 Å². The van der Waals surface area contributed by atoms with Crippen molar-refractivity contribution >= 4 is 29.4 Å². The van der Waals surface area contributed by atoms with Crippen LogP contribution in [0.4, 0.5) is 10.2 Å². The van der Waals surface area contributed by atoms with Crippen molar-refractivity contribution in [3.05, 3.63) is 76.7 Å². The molecule has 0 spiro atoms. The number of nitrogens with one attached hydrogen (secondary N) is 1. The first-order chi connectivity index (χ1) is 17.1. The number of carbonyl (C=O) groups excluding carboxylic acids is 2. The topological polar surface area (TPSA) is 67.2 Å². The molecule has 0 bridgehead atoms. The predicted octanol–water partition coefficient (Wildman–Crippen LogP) is 5.31. The molecule has 4 rings (SSSR count). The number of nitrogens with zero attached hydrogens (tertiary/aromatic N) is 3. The number of benzene rings is 2. The Labute approximate surface area is 216 Å². The van der Waals surface area contributed by atoms with Gasteiger partial charge in [0.05, 0.1) is 22.4 Å². The summed E-state index contributed by atoms with van der Waals surface area (Å²) in [5, 5.41) is 7.75. The van der Waals surface area contributed by atoms with Crippen LogP contribution in [0.25, 0.3) is 5.69 Å². The lowest BCUT2D eigenvalue weighted by Crippen LogP contribution is -2.42. The number of carbonyl (C=O) groups is 2. The first kappa shape index (κ1) is 25.9. The fraction of sp³-hybridized carbons (Fsp3) is 0.393. The highest BCUT2D eigenvalue weighted by Gasteiger charge is 2.40. The summed E-state index contributed by atoms with van der Waals surface area (Å²) >= 11 is 1.56. The number of thioether (sulfide) groups is 1. The van der Waals surface area contributed by atoms with Crippen LogP contribution < -0.4 is 10.2 Å². The summed E-state index contributed by atoms with van der Waals surface area (Å²) in [6.07, 6.45) is 0.803. The monoisotopic (exact) mass is 508 g/mol. The van der Waals surface area contributed by atoms with E-state index in [4.69, 9.17) is 5.10 Å². The van der Waals surface area contributed by atoms with Crippen LogP contribution in [-0.4, -0.2) is 40.4 Å². The molecule has 0 aliphatic carbocycles. The Bertz CT molecular complexity index is 1260. The third-order valence-electron chi connectivity index (χ3n) is 6.22. The van der Waals surface area contributed by atoms with Gasteiger partial charge in [-0.15, -0.1) is 11.8 Å². The number of halogens is 1. The minimum atomic E-state index is -0.353. The van der Waals surface area contributed by atoms with Crippen molar-refractivity contribution in [2.45, 2.75) is 51.7 Å². The maximum Gasteiger partial charge on any atom is 0.240 e. The first-order valence-corrected chi connectivity index (χ1v) is 13.3. The fourth-order valence-electron chi connectivity index (χ4n) is 4.43. The van der Waals surface area contributed by atoms with Gasteiger partial charge in [0.25, 0.3) is 0 Å². The summed E-state index contributed by atoms with van der Waals surface area (Å²) in [7, 11) is 0. The molecule has 6 nitrogen and oxygen atoms in total. The van der Waals surface area contributed by atoms with Gasteiger partial charge in [-0.05, 0) is 48.7 Å². The molecule has 0 radical (unpaired) electrons. The lowest BCUT2D eigenvalue weighted by Gasteiger charge is -2.25. The minimum Gasteiger partial charge on any atom is -0.355 e. The van der Waals surface area contributed by atoms with E-state index in [0.29, 0.717) is 18.1 Å². The van der Waals surface area contributed by atoms with Gasteiger partial charge < -0.3 is 5.32 Å². The van der Waals surface area contributed by atoms with Gasteiger partial charge in [-0.25, -0.2) is 9.07 Å². The van der Waals surface area contributed by atoms with Gasteiger partial charge in [-0.3, -0.25) is 14.5 Å². The summed E-state index contributed by atoms with van der Waals surface area (Å²) in [6.45, 7) is 10.8. The largest absolute Gasteiger partial charge is 0.355 e. The number of rotatable bonds is 6. The molecule has 8 heteroatoms. The van der Waals surface area contributed by atoms with Crippen molar-refractivity contribution < 1.29 is 14.0 Å². The summed E-state index contributed by atoms with van der Waals surface area (Å²) < 4.78 is 15.5. The van der Waals surface area contributed by atoms with E-state index in [1.807, 2.05) is 19.1 Å². The Kier molecular flexibility index (Phi) is 7.54. The fourth-order valence-corrected chi connectivity index (χ4v) is 5.72. The highest BCUT2D eigenvalue weighted by molar-refractivity contribution is 8.00. The van der Waals surface area contributed by atoms with E-state index in [-0.39, 0.29) is 40.6 Å². The number of anilines is 1. The summed E-state index contributed by atoms with van der Waals surface area (Å²) in [5.41, 5.74) is 4.28. The molecular formula is C28H33FN4O2S. The highest BCUT2D eigenvalue weighted by atomic mass is 32.2. The smallest absolute Gasteiger partial charge is 0.240 e. The van der Waals surface area contributed by atoms with Gasteiger partial charge >= 0.3 is 0 Å². The summed E-state index contributed by atoms with van der Waals surface area (Å²) in [4.78, 5) is 28.0. The third-order valence-corrected chi connectivity index (χ3v) is 7.45. The van der Waals surface area contributed by atoms with E-state index in [1.165, 1.54) is 12.1 Å². The van der Waals surface area contributed by atoms with Gasteiger partial charge in [-0.2, -0.15) is 5.10 Å². The zero-order valence-corrected chi connectivity index (χ0v) is 22.3. The van der Waals surface area contributed by atoms with Gasteiger partial charge in [0.15, 0.2) is 0 Å². The number of aryl methyl sites for hydroxylation is 1. The van der Waals surface area contributed by atoms with Gasteiger partial charge in [0, 0.05) is 17.5 Å². The Balaban J connectivity index is 2.00. The van der Waals surface area contributed by atoms with E-state index in [9.17, 15) is 14.0 Å². The quantitative estimate of drug-likeness (QED) is 0.490. The molecule has 1 aromatic heterocycles. The molecule has 2 amide bonds. The highest BCUT2D eigenvalue weighted by Crippen LogP contribution is 2.49. The van der Waals surface area contributed by atoms with Crippen LogP contribution in [0.5, 0.6) is 0 Å². The van der Waals surface area contributed by atoms with Crippen molar-refractivity contribution in [3.8, 4) is 5.69 Å². The summed E-state index contributed by atoms with van der Waals surface area (Å²) in [5.74, 6) is 0.0592. The minimum absolute atomic E-state index is 0.108. The molecule has 1 atom stereocenters. The Morgan fingerprint density at radius 1 is 1.17 bits per heavy atom. The second-order valence-corrected chi connectivity index (χ2v) is 11.2. The molecule has 36 heavy (non-hydrogen) atoms. The van der Waals surface area contributed by atoms with Crippen LogP contribution in [0, 0.1) is 12.7 Å². The average molecular weight is 509 g/mol. The predicted molar refractivity (Wildman–Crippen MR) is 143 cm³/mol. The van der Waals surface area contributed by atoms with Crippen molar-refractivity contribution in [2.24, 2.45) is 0 Å². The van der Waals surface area contributed by atoms with Crippen LogP contribution in [0.3, 0.4) is 0 Å². The first-order valence-electron chi connectivity index (χ1n) is 12.2. The lowest BCUT2D eigenvalue weighted by atomic mass is 9.86. The number of fused-ring (bicyclic) bond motifs is 1. The molecule has 0 unspecified atom stereocenters. The molecule has 2 aromatic carbocycles. The molecule has 1 aliphatic heterocycles. The number of amides is 2. The standard InChI is InChI=1S/C28H33FN4O2S/c1-6-15-30-22(34)16-32-23(35)17-36-25(21-10-8-7-9-18(21)2)24-26(28(3,4)5)31-33(27(24)32)20-13-11-19(29)12-14-20/h7-14,25H,6,15-17H2,1-5H3,(H,30,34)/t25-/m1/s1. The molecule has 0 fully saturated rings. The Morgan fingerprint density at radius 3 is 2.50 bits per heavy atom. The SMILES string of the molecule is CCCNC(=O)CN1C(=O)CS[C@H](c2ccccc2C)c2c(C(C)(C)C)nn(-c3ccc(F)cc3)c21. The van der Waals surface area contributed by atoms with Crippen LogP contribution in [0.1, 0.15) is 61.7 Å². The normalized spacial score (nSPS) is 16.0. The second-order valence-electron chi connectivity index (χ2n) is 10.1. The van der Waals surface area contributed by atoms with Crippen molar-refractivity contribution in [2.75, 3.05) is 23.7 Å². The second kappa shape index (κ2) is 10.5. The molecule has 0 saturated carbocycles. The van der Waals surface area contributed by atoms with Gasteiger partial charge in [0.2, 0.25) is 11.8 Å². The van der Waals surface area contributed by atoms with Crippen molar-refractivity contribution in [3.63, 3.8) is 0 Å². The molecule has 1 aliphatic rings. The van der Waals surface area contributed by atoms with Crippen LogP contribution in [0.2, 0.25) is 0 Å². The van der Waals surface area contributed by atoms with Crippen molar-refractivity contribution in [1.29, 1.82) is 0 Å². The van der Waals surface area contributed by atoms with E-state index in [1.54, 1.807) is 33.5 Å². The molecule has 1 N–H and O–H groups in total. The zero-order chi connectivity index (χ0) is 26.0. The molecule has 2 heterocycles. The van der Waals surface area contributed by atoms with Crippen LogP contribution >= 0.6 is 11.8 Å². The van der Waals surface area contributed by atoms with E-state index < -0.39 is 0 Å². The van der Waals surface area contributed by atoms with Crippen LogP contribution in [0.15, 0.2) is 48.5 Å². The van der Waals surface area contributed by atoms with E-state index in [0.717, 1.165) is 28.8 Å². The van der Waals surface area contributed by atoms with Crippen molar-refractivity contribution in [1.82, 2.24) is 15.1 Å². The Morgan fingerprint density at radius 2 is 1.86 bits per heavy atom. The van der Waals surface area contributed by atoms with Gasteiger partial charge in [-0.1, -0.05) is 52.0 Å². The third kappa shape index (κ3) is 5.19. The molecule has 190 valence electrons. The molecular weight excluding hydrogens is 475 g/mol. The maximum atomic E-state index is 13.8. The molecule has 0 saturated heterocycles. The molecule has 3 aromatic rings. The lowest BCUT2D eigenvalue weighted by molar-refractivity contribution is -0.122. The number of aromatic nitrogens is 2. The average Bonchev–Trinajstić information content (AvgIpc) is 3.17. The zero-order valence-electron chi connectivity index (χ0n) is 21.5. The Hall–Kier alpha value is -3.13. The number of hydrogen-bond acceptors (Lipinski definition) is 4. The number of hydrogen-bond donors (Lipinski definition) is 1. The maximum absolute atomic E-state index is 13.8. The van der Waals surface area contributed by atoms with Crippen LogP contribution in [-0.2, 0) is 15.0 Å². The van der Waals surface area contributed by atoms with E-state index in [2.05, 4.69) is 45.1 Å². The van der Waals surface area contributed by atoms with Gasteiger partial charge in [0.1, 0.15) is 18.2 Å². The summed E-state index contributed by atoms with van der Waals surface area (Å²) in [6, 6.07) is 14.2.